The van der Waals surface area contributed by atoms with Crippen LogP contribution in [0.25, 0.3) is 77.2 Å². The summed E-state index contributed by atoms with van der Waals surface area (Å²) in [6, 6.07) is 55.8. The lowest BCUT2D eigenvalue weighted by molar-refractivity contribution is 0.766. The van der Waals surface area contributed by atoms with Crippen LogP contribution in [0.3, 0.4) is 0 Å². The summed E-state index contributed by atoms with van der Waals surface area (Å²) in [5, 5.41) is 14.5. The van der Waals surface area contributed by atoms with Crippen LogP contribution in [0.5, 0.6) is 0 Å². The van der Waals surface area contributed by atoms with Gasteiger partial charge in [-0.2, -0.15) is 4.80 Å². The normalized spacial score (nSPS) is 11.6. The lowest BCUT2D eigenvalue weighted by Gasteiger charge is -2.12. The van der Waals surface area contributed by atoms with Crippen LogP contribution in [0.2, 0.25) is 0 Å². The molecule has 0 fully saturated rings. The number of aromatic nitrogens is 4. The maximum absolute atomic E-state index is 4.81. The van der Waals surface area contributed by atoms with E-state index in [1.807, 2.05) is 30.3 Å². The lowest BCUT2D eigenvalue weighted by atomic mass is 9.94. The highest BCUT2D eigenvalue weighted by atomic mass is 15.5. The third kappa shape index (κ3) is 3.85. The maximum atomic E-state index is 4.81. The minimum absolute atomic E-state index is 0.871. The van der Waals surface area contributed by atoms with Crippen molar-refractivity contribution in [2.75, 3.05) is 0 Å². The molecule has 0 N–H and O–H groups in total. The average molecular weight is 563 g/mol. The van der Waals surface area contributed by atoms with E-state index in [0.29, 0.717) is 0 Å². The highest BCUT2D eigenvalue weighted by molar-refractivity contribution is 6.24. The molecule has 0 aliphatic rings. The molecule has 44 heavy (non-hydrogen) atoms. The monoisotopic (exact) mass is 562 g/mol. The van der Waals surface area contributed by atoms with Gasteiger partial charge in [0.25, 0.3) is 0 Å². The van der Waals surface area contributed by atoms with E-state index in [9.17, 15) is 0 Å². The van der Waals surface area contributed by atoms with Crippen LogP contribution >= 0.6 is 0 Å². The first-order chi connectivity index (χ1) is 21.8. The fourth-order valence-electron chi connectivity index (χ4n) is 6.54. The molecule has 0 bridgehead atoms. The number of fused-ring (bicyclic) bond motifs is 6. The number of para-hydroxylation sites is 2. The van der Waals surface area contributed by atoms with Crippen molar-refractivity contribution in [1.82, 2.24) is 19.6 Å². The van der Waals surface area contributed by atoms with Crippen molar-refractivity contribution in [1.29, 1.82) is 0 Å². The van der Waals surface area contributed by atoms with Crippen molar-refractivity contribution in [2.45, 2.75) is 0 Å². The third-order valence-electron chi connectivity index (χ3n) is 8.57. The molecule has 0 atom stereocenters. The smallest absolute Gasteiger partial charge is 0.114 e. The van der Waals surface area contributed by atoms with Crippen LogP contribution in [0.1, 0.15) is 0 Å². The minimum Gasteiger partial charge on any atom is -0.309 e. The largest absolute Gasteiger partial charge is 0.309 e. The van der Waals surface area contributed by atoms with Gasteiger partial charge >= 0.3 is 0 Å². The van der Waals surface area contributed by atoms with Gasteiger partial charge in [0.1, 0.15) is 11.0 Å². The summed E-state index contributed by atoms with van der Waals surface area (Å²) in [5.74, 6) is 0. The van der Waals surface area contributed by atoms with Crippen molar-refractivity contribution < 1.29 is 0 Å². The zero-order chi connectivity index (χ0) is 29.0. The van der Waals surface area contributed by atoms with Gasteiger partial charge in [-0.25, -0.2) is 0 Å². The van der Waals surface area contributed by atoms with Crippen molar-refractivity contribution in [3.05, 3.63) is 158 Å². The van der Waals surface area contributed by atoms with Crippen LogP contribution in [0, 0.1) is 0 Å². The minimum atomic E-state index is 0.871. The van der Waals surface area contributed by atoms with E-state index in [0.717, 1.165) is 33.5 Å². The Bertz CT molecular complexity index is 2470. The Labute approximate surface area is 254 Å². The Hall–Kier alpha value is -6.00. The average Bonchev–Trinajstić information content (AvgIpc) is 3.68. The van der Waals surface area contributed by atoms with Crippen LogP contribution in [-0.4, -0.2) is 19.6 Å². The van der Waals surface area contributed by atoms with Crippen LogP contribution < -0.4 is 0 Å². The second-order valence-electron chi connectivity index (χ2n) is 11.2. The van der Waals surface area contributed by atoms with E-state index >= 15 is 0 Å². The molecule has 0 unspecified atom stereocenters. The molecule has 2 heterocycles. The van der Waals surface area contributed by atoms with E-state index in [4.69, 9.17) is 10.2 Å². The quantitative estimate of drug-likeness (QED) is 0.214. The van der Waals surface area contributed by atoms with Gasteiger partial charge in [0, 0.05) is 16.5 Å². The molecule has 0 saturated carbocycles. The van der Waals surface area contributed by atoms with Crippen molar-refractivity contribution >= 4 is 43.6 Å². The van der Waals surface area contributed by atoms with Crippen LogP contribution in [0.15, 0.2) is 158 Å². The van der Waals surface area contributed by atoms with Crippen LogP contribution in [0.4, 0.5) is 0 Å². The summed E-state index contributed by atoms with van der Waals surface area (Å²) in [6.45, 7) is 0. The summed E-state index contributed by atoms with van der Waals surface area (Å²) in [5.41, 5.74) is 10.9. The van der Waals surface area contributed by atoms with Gasteiger partial charge in [0.15, 0.2) is 0 Å². The molecule has 4 heteroatoms. The van der Waals surface area contributed by atoms with Crippen molar-refractivity contribution in [3.8, 4) is 33.6 Å². The van der Waals surface area contributed by atoms with Crippen LogP contribution in [-0.2, 0) is 0 Å². The molecule has 4 nitrogen and oxygen atoms in total. The Balaban J connectivity index is 1.31. The van der Waals surface area contributed by atoms with Gasteiger partial charge in [-0.1, -0.05) is 103 Å². The van der Waals surface area contributed by atoms with Gasteiger partial charge < -0.3 is 4.57 Å². The molecule has 0 amide bonds. The molecule has 0 radical (unpaired) electrons. The first-order valence-corrected chi connectivity index (χ1v) is 14.9. The highest BCUT2D eigenvalue weighted by Gasteiger charge is 2.19. The maximum Gasteiger partial charge on any atom is 0.114 e. The van der Waals surface area contributed by atoms with Gasteiger partial charge in [0.2, 0.25) is 0 Å². The van der Waals surface area contributed by atoms with E-state index < -0.39 is 0 Å². The predicted octanol–water partition coefficient (Wildman–Crippen LogP) is 10.0. The van der Waals surface area contributed by atoms with E-state index in [1.165, 1.54) is 43.7 Å². The number of rotatable bonds is 4. The first-order valence-electron chi connectivity index (χ1n) is 14.9. The molecule has 2 aromatic heterocycles. The molecule has 0 aliphatic carbocycles. The second-order valence-corrected chi connectivity index (χ2v) is 11.2. The van der Waals surface area contributed by atoms with E-state index in [-0.39, 0.29) is 0 Å². The molecule has 0 aliphatic heterocycles. The molecule has 7 aromatic carbocycles. The molecule has 0 saturated heterocycles. The number of benzene rings is 7. The van der Waals surface area contributed by atoms with Crippen molar-refractivity contribution in [2.24, 2.45) is 0 Å². The van der Waals surface area contributed by atoms with Gasteiger partial charge in [-0.15, -0.1) is 10.2 Å². The topological polar surface area (TPSA) is 35.6 Å². The molecular weight excluding hydrogens is 536 g/mol. The zero-order valence-electron chi connectivity index (χ0n) is 23.8. The van der Waals surface area contributed by atoms with Crippen molar-refractivity contribution in [3.63, 3.8) is 0 Å². The Morgan fingerprint density at radius 3 is 1.77 bits per heavy atom. The van der Waals surface area contributed by atoms with Gasteiger partial charge in [-0.3, -0.25) is 0 Å². The molecular formula is C40H26N4. The number of nitrogens with zero attached hydrogens (tertiary/aromatic N) is 4. The summed E-state index contributed by atoms with van der Waals surface area (Å²) in [4.78, 5) is 1.71. The Morgan fingerprint density at radius 2 is 1.00 bits per heavy atom. The fourth-order valence-corrected chi connectivity index (χ4v) is 6.54. The summed E-state index contributed by atoms with van der Waals surface area (Å²) in [7, 11) is 0. The highest BCUT2D eigenvalue weighted by Crippen LogP contribution is 2.42. The molecule has 9 rings (SSSR count). The Morgan fingerprint density at radius 1 is 0.386 bits per heavy atom. The summed E-state index contributed by atoms with van der Waals surface area (Å²) >= 11 is 0. The summed E-state index contributed by atoms with van der Waals surface area (Å²) in [6.07, 6.45) is 0. The van der Waals surface area contributed by atoms with E-state index in [2.05, 4.69) is 132 Å². The SMILES string of the molecule is c1ccc(-c2cc3c(c4ccccc24)c2cc(-c4ccc5nn(-c6ccccc6)nc5c4)ccc2n3-c2ccccc2)cc1. The zero-order valence-corrected chi connectivity index (χ0v) is 23.8. The lowest BCUT2D eigenvalue weighted by Crippen LogP contribution is -1.97. The Kier molecular flexibility index (Phi) is 5.47. The fraction of sp³-hybridized carbons (Fsp3) is 0. The van der Waals surface area contributed by atoms with Gasteiger partial charge in [0.05, 0.1) is 16.7 Å². The predicted molar refractivity (Wildman–Crippen MR) is 182 cm³/mol. The standard InChI is InChI=1S/C40H26N4/c1-4-12-27(13-5-1)34-26-39-40(33-19-11-10-18-32(33)34)35-24-28(21-23-38(35)43(39)30-14-6-2-7-15-30)29-20-22-36-37(25-29)42-44(41-36)31-16-8-3-9-17-31/h1-26H. The number of hydrogen-bond acceptors (Lipinski definition) is 2. The summed E-state index contributed by atoms with van der Waals surface area (Å²) < 4.78 is 2.40. The third-order valence-corrected chi connectivity index (χ3v) is 8.57. The second kappa shape index (κ2) is 9.79. The van der Waals surface area contributed by atoms with E-state index in [1.54, 1.807) is 4.80 Å². The number of hydrogen-bond donors (Lipinski definition) is 0. The molecule has 9 aromatic rings. The first kappa shape index (κ1) is 24.6. The van der Waals surface area contributed by atoms with Gasteiger partial charge in [-0.05, 0) is 87.6 Å². The molecule has 206 valence electrons. The molecule has 0 spiro atoms.